The summed E-state index contributed by atoms with van der Waals surface area (Å²) in [7, 11) is 0. The van der Waals surface area contributed by atoms with Gasteiger partial charge in [-0.2, -0.15) is 0 Å². The molecule has 1 nitrogen and oxygen atoms in total. The van der Waals surface area contributed by atoms with Gasteiger partial charge in [0.15, 0.2) is 0 Å². The second-order valence-electron chi connectivity index (χ2n) is 8.93. The van der Waals surface area contributed by atoms with Gasteiger partial charge in [-0.1, -0.05) is 51.0 Å². The van der Waals surface area contributed by atoms with Crippen LogP contribution in [0.1, 0.15) is 55.4 Å². The van der Waals surface area contributed by atoms with Crippen LogP contribution >= 0.6 is 0 Å². The molecule has 0 aliphatic heterocycles. The molecular formula is C20H34O. The molecule has 2 rings (SSSR count). The van der Waals surface area contributed by atoms with Crippen LogP contribution in [0.25, 0.3) is 0 Å². The first kappa shape index (κ1) is 16.8. The van der Waals surface area contributed by atoms with Crippen LogP contribution in [-0.2, 0) is 4.74 Å². The largest absolute Gasteiger partial charge is 0.381 e. The van der Waals surface area contributed by atoms with Crippen LogP contribution in [-0.4, -0.2) is 13.2 Å². The van der Waals surface area contributed by atoms with E-state index < -0.39 is 0 Å². The molecule has 0 aromatic rings. The van der Waals surface area contributed by atoms with Gasteiger partial charge in [-0.15, -0.1) is 0 Å². The first-order valence-electron chi connectivity index (χ1n) is 8.46. The molecule has 2 aliphatic carbocycles. The normalized spacial score (nSPS) is 35.0. The van der Waals surface area contributed by atoms with Crippen molar-refractivity contribution < 1.29 is 4.74 Å². The fourth-order valence-corrected chi connectivity index (χ4v) is 3.91. The summed E-state index contributed by atoms with van der Waals surface area (Å²) >= 11 is 0. The maximum atomic E-state index is 6.12. The van der Waals surface area contributed by atoms with Crippen molar-refractivity contribution in [2.24, 2.45) is 34.5 Å². The van der Waals surface area contributed by atoms with Gasteiger partial charge in [0.05, 0.1) is 13.2 Å². The van der Waals surface area contributed by atoms with Crippen molar-refractivity contribution >= 4 is 0 Å². The zero-order valence-corrected chi connectivity index (χ0v) is 15.3. The zero-order valence-electron chi connectivity index (χ0n) is 15.3. The van der Waals surface area contributed by atoms with Gasteiger partial charge in [0, 0.05) is 0 Å². The minimum Gasteiger partial charge on any atom is -0.381 e. The average molecular weight is 290 g/mol. The van der Waals surface area contributed by atoms with Crippen LogP contribution in [0.15, 0.2) is 23.3 Å². The van der Waals surface area contributed by atoms with Gasteiger partial charge >= 0.3 is 0 Å². The zero-order chi connectivity index (χ0) is 16.0. The first-order chi connectivity index (χ1) is 9.58. The predicted molar refractivity (Wildman–Crippen MR) is 91.2 cm³/mol. The molecule has 120 valence electrons. The Bertz CT molecular complexity index is 402. The van der Waals surface area contributed by atoms with Crippen molar-refractivity contribution in [3.8, 4) is 0 Å². The molecule has 21 heavy (non-hydrogen) atoms. The standard InChI is InChI=1S/C20H34O/c1-13(2)9-15-17(19(15,5)6)11-21-12-18-16(10-14(3)4)20(18,7)8/h9-10,15-18H,11-12H2,1-8H3. The summed E-state index contributed by atoms with van der Waals surface area (Å²) in [6.45, 7) is 20.1. The van der Waals surface area contributed by atoms with E-state index in [0.29, 0.717) is 34.5 Å². The monoisotopic (exact) mass is 290 g/mol. The summed E-state index contributed by atoms with van der Waals surface area (Å²) in [6, 6.07) is 0. The summed E-state index contributed by atoms with van der Waals surface area (Å²) < 4.78 is 6.12. The van der Waals surface area contributed by atoms with E-state index in [1.807, 2.05) is 0 Å². The highest BCUT2D eigenvalue weighted by Crippen LogP contribution is 2.61. The van der Waals surface area contributed by atoms with Gasteiger partial charge in [0.1, 0.15) is 0 Å². The first-order valence-corrected chi connectivity index (χ1v) is 8.46. The number of rotatable bonds is 6. The Morgan fingerprint density at radius 3 is 1.38 bits per heavy atom. The predicted octanol–water partition coefficient (Wildman–Crippen LogP) is 5.48. The van der Waals surface area contributed by atoms with Gasteiger partial charge in [0.2, 0.25) is 0 Å². The molecule has 0 heterocycles. The van der Waals surface area contributed by atoms with Crippen molar-refractivity contribution in [2.75, 3.05) is 13.2 Å². The molecule has 0 aromatic heterocycles. The van der Waals surface area contributed by atoms with Gasteiger partial charge in [-0.3, -0.25) is 0 Å². The minimum atomic E-state index is 0.426. The lowest BCUT2D eigenvalue weighted by Crippen LogP contribution is -2.06. The fraction of sp³-hybridized carbons (Fsp3) is 0.800. The fourth-order valence-electron chi connectivity index (χ4n) is 3.91. The Balaban J connectivity index is 1.79. The topological polar surface area (TPSA) is 9.23 Å². The molecule has 2 saturated carbocycles. The number of ether oxygens (including phenoxy) is 1. The molecule has 0 N–H and O–H groups in total. The molecule has 0 amide bonds. The lowest BCUT2D eigenvalue weighted by Gasteiger charge is -2.06. The smallest absolute Gasteiger partial charge is 0.0505 e. The van der Waals surface area contributed by atoms with Crippen LogP contribution in [0.3, 0.4) is 0 Å². The summed E-state index contributed by atoms with van der Waals surface area (Å²) in [5, 5.41) is 0. The maximum absolute atomic E-state index is 6.12. The second-order valence-corrected chi connectivity index (χ2v) is 8.93. The Morgan fingerprint density at radius 2 is 1.10 bits per heavy atom. The molecule has 0 aromatic carbocycles. The molecular weight excluding hydrogens is 256 g/mol. The van der Waals surface area contributed by atoms with E-state index in [1.165, 1.54) is 11.1 Å². The van der Waals surface area contributed by atoms with Crippen LogP contribution < -0.4 is 0 Å². The van der Waals surface area contributed by atoms with Crippen molar-refractivity contribution in [1.82, 2.24) is 0 Å². The molecule has 4 atom stereocenters. The van der Waals surface area contributed by atoms with E-state index in [-0.39, 0.29) is 0 Å². The Labute approximate surface area is 131 Å². The maximum Gasteiger partial charge on any atom is 0.0505 e. The van der Waals surface area contributed by atoms with E-state index in [4.69, 9.17) is 4.74 Å². The van der Waals surface area contributed by atoms with Gasteiger partial charge in [-0.05, 0) is 62.2 Å². The quantitative estimate of drug-likeness (QED) is 0.589. The van der Waals surface area contributed by atoms with E-state index in [0.717, 1.165) is 13.2 Å². The lowest BCUT2D eigenvalue weighted by molar-refractivity contribution is 0.0984. The van der Waals surface area contributed by atoms with E-state index in [1.54, 1.807) is 0 Å². The van der Waals surface area contributed by atoms with Gasteiger partial charge in [0.25, 0.3) is 0 Å². The summed E-state index contributed by atoms with van der Waals surface area (Å²) in [6.07, 6.45) is 4.86. The van der Waals surface area contributed by atoms with Crippen LogP contribution in [0.2, 0.25) is 0 Å². The Kier molecular flexibility index (Phi) is 4.46. The average Bonchev–Trinajstić information content (AvgIpc) is 3.02. The number of hydrogen-bond donors (Lipinski definition) is 0. The molecule has 0 spiro atoms. The van der Waals surface area contributed by atoms with E-state index >= 15 is 0 Å². The van der Waals surface area contributed by atoms with Crippen molar-refractivity contribution in [3.63, 3.8) is 0 Å². The number of hydrogen-bond acceptors (Lipinski definition) is 1. The Morgan fingerprint density at radius 1 is 0.762 bits per heavy atom. The second kappa shape index (κ2) is 5.57. The van der Waals surface area contributed by atoms with Crippen molar-refractivity contribution in [3.05, 3.63) is 23.3 Å². The SMILES string of the molecule is CC(C)=CC1C(COCC2C(C=C(C)C)C2(C)C)C1(C)C. The highest BCUT2D eigenvalue weighted by atomic mass is 16.5. The highest BCUT2D eigenvalue weighted by Gasteiger charge is 2.58. The molecule has 2 aliphatic rings. The number of allylic oxidation sites excluding steroid dienone is 4. The van der Waals surface area contributed by atoms with Crippen LogP contribution in [0, 0.1) is 34.5 Å². The third kappa shape index (κ3) is 3.44. The highest BCUT2D eigenvalue weighted by molar-refractivity contribution is 5.18. The third-order valence-corrected chi connectivity index (χ3v) is 5.90. The lowest BCUT2D eigenvalue weighted by atomic mass is 10.1. The van der Waals surface area contributed by atoms with Gasteiger partial charge in [-0.25, -0.2) is 0 Å². The van der Waals surface area contributed by atoms with Crippen LogP contribution in [0.4, 0.5) is 0 Å². The van der Waals surface area contributed by atoms with E-state index in [9.17, 15) is 0 Å². The van der Waals surface area contributed by atoms with Crippen LogP contribution in [0.5, 0.6) is 0 Å². The molecule has 0 bridgehead atoms. The molecule has 0 radical (unpaired) electrons. The van der Waals surface area contributed by atoms with Crippen molar-refractivity contribution in [1.29, 1.82) is 0 Å². The third-order valence-electron chi connectivity index (χ3n) is 5.90. The molecule has 0 saturated heterocycles. The molecule has 4 unspecified atom stereocenters. The molecule has 1 heteroatoms. The summed E-state index contributed by atoms with van der Waals surface area (Å²) in [5.41, 5.74) is 3.72. The van der Waals surface area contributed by atoms with Crippen molar-refractivity contribution in [2.45, 2.75) is 55.4 Å². The molecule has 2 fully saturated rings. The summed E-state index contributed by atoms with van der Waals surface area (Å²) in [5.74, 6) is 2.83. The van der Waals surface area contributed by atoms with E-state index in [2.05, 4.69) is 67.5 Å². The minimum absolute atomic E-state index is 0.426. The summed E-state index contributed by atoms with van der Waals surface area (Å²) in [4.78, 5) is 0. The Hall–Kier alpha value is -0.560. The van der Waals surface area contributed by atoms with Gasteiger partial charge < -0.3 is 4.74 Å².